The van der Waals surface area contributed by atoms with E-state index in [0.29, 0.717) is 11.8 Å². The molecule has 0 amide bonds. The predicted molar refractivity (Wildman–Crippen MR) is 120 cm³/mol. The molecule has 4 rings (SSSR count). The Balaban J connectivity index is 1.46. The van der Waals surface area contributed by atoms with Gasteiger partial charge in [-0.15, -0.1) is 31.7 Å². The van der Waals surface area contributed by atoms with Crippen LogP contribution >= 0.6 is 34.4 Å². The van der Waals surface area contributed by atoms with Gasteiger partial charge in [0, 0.05) is 5.69 Å². The summed E-state index contributed by atoms with van der Waals surface area (Å²) in [6.45, 7) is 6.36. The maximum Gasteiger partial charge on any atom is 0.257 e. The molecule has 0 bridgehead atoms. The van der Waals surface area contributed by atoms with E-state index in [1.54, 1.807) is 23.1 Å². The minimum Gasteiger partial charge on any atom is -0.419 e. The van der Waals surface area contributed by atoms with Gasteiger partial charge in [0.25, 0.3) is 5.89 Å². The Morgan fingerprint density at radius 1 is 1.03 bits per heavy atom. The van der Waals surface area contributed by atoms with Crippen LogP contribution in [0.3, 0.4) is 0 Å². The molecule has 3 aromatic heterocycles. The SMILES string of the molecule is CCc1cccc(CC)c1Nc1nnc(SC(C)c2nnc(-c3cccs3)o2)s1. The molecule has 29 heavy (non-hydrogen) atoms. The Morgan fingerprint density at radius 2 is 1.83 bits per heavy atom. The van der Waals surface area contributed by atoms with Crippen molar-refractivity contribution in [1.29, 1.82) is 0 Å². The van der Waals surface area contributed by atoms with Gasteiger partial charge < -0.3 is 9.73 Å². The highest BCUT2D eigenvalue weighted by atomic mass is 32.2. The summed E-state index contributed by atoms with van der Waals surface area (Å²) in [5.74, 6) is 1.15. The maximum absolute atomic E-state index is 5.83. The molecule has 6 nitrogen and oxygen atoms in total. The van der Waals surface area contributed by atoms with Gasteiger partial charge >= 0.3 is 0 Å². The monoisotopic (exact) mass is 443 g/mol. The number of thioether (sulfide) groups is 1. The number of hydrogen-bond donors (Lipinski definition) is 1. The molecule has 4 aromatic rings. The first-order valence-corrected chi connectivity index (χ1v) is 12.0. The number of nitrogens with zero attached hydrogens (tertiary/aromatic N) is 4. The highest BCUT2D eigenvalue weighted by molar-refractivity contribution is 8.01. The lowest BCUT2D eigenvalue weighted by Crippen LogP contribution is -1.99. The maximum atomic E-state index is 5.83. The van der Waals surface area contributed by atoms with Crippen LogP contribution in [0.15, 0.2) is 44.5 Å². The van der Waals surface area contributed by atoms with Crippen LogP contribution in [0.2, 0.25) is 0 Å². The summed E-state index contributed by atoms with van der Waals surface area (Å²) in [6, 6.07) is 10.4. The minimum absolute atomic E-state index is 0.00820. The van der Waals surface area contributed by atoms with Gasteiger partial charge in [-0.1, -0.05) is 61.2 Å². The summed E-state index contributed by atoms with van der Waals surface area (Å²) in [4.78, 5) is 0.977. The fourth-order valence-corrected chi connectivity index (χ4v) is 5.49. The van der Waals surface area contributed by atoms with Crippen LogP contribution in [0.4, 0.5) is 10.8 Å². The summed E-state index contributed by atoms with van der Waals surface area (Å²) >= 11 is 4.69. The number of anilines is 2. The zero-order valence-electron chi connectivity index (χ0n) is 16.4. The van der Waals surface area contributed by atoms with Crippen molar-refractivity contribution in [3.05, 3.63) is 52.7 Å². The Labute approximate surface area is 181 Å². The normalized spacial score (nSPS) is 12.2. The fourth-order valence-electron chi connectivity index (χ4n) is 2.92. The standard InChI is InChI=1S/C20H21N5OS3/c1-4-13-8-6-9-14(5-2)16(13)21-19-24-25-20(29-19)28-12(3)17-22-23-18(26-17)15-10-7-11-27-15/h6-12H,4-5H2,1-3H3,(H,21,24). The van der Waals surface area contributed by atoms with Crippen LogP contribution in [0.1, 0.15) is 43.0 Å². The lowest BCUT2D eigenvalue weighted by atomic mass is 10.0. The lowest BCUT2D eigenvalue weighted by Gasteiger charge is -2.13. The molecule has 1 atom stereocenters. The molecule has 1 aromatic carbocycles. The van der Waals surface area contributed by atoms with Crippen molar-refractivity contribution in [2.75, 3.05) is 5.32 Å². The molecule has 0 spiro atoms. The van der Waals surface area contributed by atoms with E-state index in [1.165, 1.54) is 22.5 Å². The molecule has 0 fully saturated rings. The first kappa shape index (κ1) is 20.1. The summed E-state index contributed by atoms with van der Waals surface area (Å²) < 4.78 is 6.70. The molecule has 1 N–H and O–H groups in total. The predicted octanol–water partition coefficient (Wildman–Crippen LogP) is 6.37. The number of thiophene rings is 1. The summed E-state index contributed by atoms with van der Waals surface area (Å²) in [6.07, 6.45) is 1.94. The van der Waals surface area contributed by atoms with Crippen molar-refractivity contribution in [1.82, 2.24) is 20.4 Å². The second-order valence-electron chi connectivity index (χ2n) is 6.34. The van der Waals surface area contributed by atoms with Crippen LogP contribution in [-0.2, 0) is 12.8 Å². The number of aryl methyl sites for hydroxylation is 2. The van der Waals surface area contributed by atoms with E-state index in [9.17, 15) is 0 Å². The quantitative estimate of drug-likeness (QED) is 0.317. The summed E-state index contributed by atoms with van der Waals surface area (Å²) in [5.41, 5.74) is 3.72. The third kappa shape index (κ3) is 4.52. The van der Waals surface area contributed by atoms with Gasteiger partial charge in [0.15, 0.2) is 4.34 Å². The van der Waals surface area contributed by atoms with E-state index in [2.05, 4.69) is 57.8 Å². The smallest absolute Gasteiger partial charge is 0.257 e. The summed E-state index contributed by atoms with van der Waals surface area (Å²) in [7, 11) is 0. The molecule has 0 aliphatic heterocycles. The van der Waals surface area contributed by atoms with Crippen LogP contribution in [0, 0.1) is 0 Å². The van der Waals surface area contributed by atoms with Gasteiger partial charge in [0.2, 0.25) is 11.0 Å². The van der Waals surface area contributed by atoms with Crippen molar-refractivity contribution in [3.63, 3.8) is 0 Å². The highest BCUT2D eigenvalue weighted by Gasteiger charge is 2.19. The third-order valence-electron chi connectivity index (χ3n) is 4.44. The molecule has 9 heteroatoms. The number of benzene rings is 1. The van der Waals surface area contributed by atoms with Crippen molar-refractivity contribution in [2.45, 2.75) is 43.2 Å². The van der Waals surface area contributed by atoms with Crippen LogP contribution in [0.25, 0.3) is 10.8 Å². The van der Waals surface area contributed by atoms with Crippen LogP contribution < -0.4 is 5.32 Å². The minimum atomic E-state index is -0.00820. The van der Waals surface area contributed by atoms with Crippen molar-refractivity contribution < 1.29 is 4.42 Å². The van der Waals surface area contributed by atoms with Gasteiger partial charge in [-0.2, -0.15) is 0 Å². The Bertz CT molecular complexity index is 1050. The largest absolute Gasteiger partial charge is 0.419 e. The summed E-state index contributed by atoms with van der Waals surface area (Å²) in [5, 5.41) is 23.3. The molecule has 0 saturated heterocycles. The topological polar surface area (TPSA) is 76.7 Å². The van der Waals surface area contributed by atoms with Crippen molar-refractivity contribution in [2.24, 2.45) is 0 Å². The zero-order chi connectivity index (χ0) is 20.2. The Kier molecular flexibility index (Phi) is 6.27. The molecular formula is C20H21N5OS3. The van der Waals surface area contributed by atoms with Gasteiger partial charge in [-0.05, 0) is 42.3 Å². The first-order chi connectivity index (χ1) is 14.2. The number of nitrogens with one attached hydrogen (secondary N) is 1. The van der Waals surface area contributed by atoms with E-state index < -0.39 is 0 Å². The highest BCUT2D eigenvalue weighted by Crippen LogP contribution is 2.39. The second kappa shape index (κ2) is 9.06. The molecule has 150 valence electrons. The first-order valence-electron chi connectivity index (χ1n) is 9.43. The van der Waals surface area contributed by atoms with Gasteiger partial charge in [-0.3, -0.25) is 0 Å². The Morgan fingerprint density at radius 3 is 2.52 bits per heavy atom. The fraction of sp³-hybridized carbons (Fsp3) is 0.300. The number of rotatable bonds is 8. The van der Waals surface area contributed by atoms with E-state index >= 15 is 0 Å². The van der Waals surface area contributed by atoms with Crippen molar-refractivity contribution >= 4 is 45.3 Å². The zero-order valence-corrected chi connectivity index (χ0v) is 18.8. The average molecular weight is 444 g/mol. The number of para-hydroxylation sites is 1. The Hall–Kier alpha value is -2.23. The molecule has 0 saturated carbocycles. The molecule has 0 radical (unpaired) electrons. The molecule has 1 unspecified atom stereocenters. The molecule has 0 aliphatic carbocycles. The van der Waals surface area contributed by atoms with Crippen LogP contribution in [0.5, 0.6) is 0 Å². The van der Waals surface area contributed by atoms with E-state index in [-0.39, 0.29) is 5.25 Å². The molecule has 0 aliphatic rings. The van der Waals surface area contributed by atoms with E-state index in [1.807, 2.05) is 24.4 Å². The number of hydrogen-bond acceptors (Lipinski definition) is 9. The van der Waals surface area contributed by atoms with Gasteiger partial charge in [-0.25, -0.2) is 0 Å². The lowest BCUT2D eigenvalue weighted by molar-refractivity contribution is 0.510. The van der Waals surface area contributed by atoms with E-state index in [0.717, 1.165) is 32.9 Å². The molecule has 3 heterocycles. The van der Waals surface area contributed by atoms with E-state index in [4.69, 9.17) is 4.42 Å². The second-order valence-corrected chi connectivity index (χ2v) is 9.85. The number of aromatic nitrogens is 4. The molecular weight excluding hydrogens is 422 g/mol. The van der Waals surface area contributed by atoms with Gasteiger partial charge in [0.1, 0.15) is 0 Å². The van der Waals surface area contributed by atoms with Crippen molar-refractivity contribution in [3.8, 4) is 10.8 Å². The van der Waals surface area contributed by atoms with Crippen LogP contribution in [-0.4, -0.2) is 20.4 Å². The van der Waals surface area contributed by atoms with Gasteiger partial charge in [0.05, 0.1) is 10.1 Å². The average Bonchev–Trinajstić information content (AvgIpc) is 3.49. The third-order valence-corrected chi connectivity index (χ3v) is 7.30.